The summed E-state index contributed by atoms with van der Waals surface area (Å²) in [6.07, 6.45) is 4.65. The Bertz CT molecular complexity index is 1500. The number of pyridine rings is 1. The Kier molecular flexibility index (Phi) is 8.98. The highest BCUT2D eigenvalue weighted by molar-refractivity contribution is 7.07. The number of amides is 1. The van der Waals surface area contributed by atoms with Crippen molar-refractivity contribution in [1.29, 1.82) is 5.26 Å². The lowest BCUT2D eigenvalue weighted by Gasteiger charge is -2.15. The maximum Gasteiger partial charge on any atom is 0.248 e. The summed E-state index contributed by atoms with van der Waals surface area (Å²) in [6, 6.07) is 9.63. The van der Waals surface area contributed by atoms with Crippen LogP contribution in [0.15, 0.2) is 59.6 Å². The first-order valence-corrected chi connectivity index (χ1v) is 11.7. The third-order valence-electron chi connectivity index (χ3n) is 5.21. The number of nitriles is 1. The van der Waals surface area contributed by atoms with E-state index in [1.807, 2.05) is 22.4 Å². The number of benzene rings is 2. The van der Waals surface area contributed by atoms with Crippen LogP contribution in [0, 0.1) is 24.1 Å². The number of carbonyl (C=O) groups excluding carboxylic acids is 1. The quantitative estimate of drug-likeness (QED) is 0.256. The van der Waals surface area contributed by atoms with E-state index in [0.29, 0.717) is 40.3 Å². The van der Waals surface area contributed by atoms with Crippen LogP contribution in [0.25, 0.3) is 10.9 Å². The molecular formula is C25H20BrClFN5O2S. The number of allylic oxidation sites excluding steroid dienone is 1. The smallest absolute Gasteiger partial charge is 0.248 e. The number of thiazole rings is 1. The van der Waals surface area contributed by atoms with Gasteiger partial charge < -0.3 is 32.4 Å². The molecule has 2 N–H and O–H groups in total. The molecule has 2 heterocycles. The summed E-state index contributed by atoms with van der Waals surface area (Å²) < 4.78 is 21.1. The molecule has 0 aliphatic rings. The van der Waals surface area contributed by atoms with Gasteiger partial charge in [-0.25, -0.2) is 4.39 Å². The zero-order chi connectivity index (χ0) is 24.9. The highest BCUT2D eigenvalue weighted by atomic mass is 79.9. The molecule has 0 bridgehead atoms. The van der Waals surface area contributed by atoms with Gasteiger partial charge >= 0.3 is 0 Å². The molecule has 1 amide bonds. The van der Waals surface area contributed by atoms with Gasteiger partial charge in [0.2, 0.25) is 11.4 Å². The van der Waals surface area contributed by atoms with Gasteiger partial charge in [0.15, 0.2) is 12.2 Å². The molecule has 0 aliphatic carbocycles. The van der Waals surface area contributed by atoms with Crippen molar-refractivity contribution < 1.29 is 35.5 Å². The molecule has 0 fully saturated rings. The fourth-order valence-corrected chi connectivity index (χ4v) is 4.39. The van der Waals surface area contributed by atoms with E-state index in [-0.39, 0.29) is 33.5 Å². The molecule has 0 aliphatic heterocycles. The summed E-state index contributed by atoms with van der Waals surface area (Å²) in [5.74, 6) is -0.469. The predicted molar refractivity (Wildman–Crippen MR) is 135 cm³/mol. The van der Waals surface area contributed by atoms with Gasteiger partial charge in [-0.3, -0.25) is 9.78 Å². The molecule has 0 unspecified atom stereocenters. The zero-order valence-corrected chi connectivity index (χ0v) is 22.3. The minimum Gasteiger partial charge on any atom is -1.00 e. The van der Waals surface area contributed by atoms with E-state index in [4.69, 9.17) is 16.3 Å². The van der Waals surface area contributed by atoms with Gasteiger partial charge in [-0.1, -0.05) is 22.9 Å². The van der Waals surface area contributed by atoms with Crippen molar-refractivity contribution in [3.63, 3.8) is 0 Å². The third kappa shape index (κ3) is 5.99. The second-order valence-electron chi connectivity index (χ2n) is 7.53. The number of fused-ring (bicyclic) bond motifs is 1. The van der Waals surface area contributed by atoms with Crippen molar-refractivity contribution in [2.45, 2.75) is 13.5 Å². The Morgan fingerprint density at radius 1 is 1.36 bits per heavy atom. The highest BCUT2D eigenvalue weighted by Crippen LogP contribution is 2.36. The molecule has 2 aromatic carbocycles. The van der Waals surface area contributed by atoms with Crippen LogP contribution < -0.4 is 36.9 Å². The van der Waals surface area contributed by atoms with E-state index < -0.39 is 5.82 Å². The molecule has 0 saturated heterocycles. The van der Waals surface area contributed by atoms with Crippen molar-refractivity contribution in [2.75, 3.05) is 17.7 Å². The summed E-state index contributed by atoms with van der Waals surface area (Å²) in [4.78, 5) is 16.9. The van der Waals surface area contributed by atoms with E-state index in [1.54, 1.807) is 29.5 Å². The fraction of sp³-hybridized carbons (Fsp3) is 0.120. The van der Waals surface area contributed by atoms with E-state index >= 15 is 0 Å². The number of ether oxygens (including phenoxy) is 1. The molecule has 0 spiro atoms. The maximum absolute atomic E-state index is 13.6. The molecular weight excluding hydrogens is 569 g/mol. The van der Waals surface area contributed by atoms with Crippen LogP contribution in [0.2, 0.25) is 5.02 Å². The molecule has 184 valence electrons. The maximum atomic E-state index is 13.6. The Morgan fingerprint density at radius 3 is 2.83 bits per heavy atom. The summed E-state index contributed by atoms with van der Waals surface area (Å²) in [7, 11) is 1.49. The van der Waals surface area contributed by atoms with Crippen LogP contribution in [-0.4, -0.2) is 18.0 Å². The van der Waals surface area contributed by atoms with Gasteiger partial charge in [0, 0.05) is 36.3 Å². The van der Waals surface area contributed by atoms with Crippen LogP contribution in [0.5, 0.6) is 5.75 Å². The summed E-state index contributed by atoms with van der Waals surface area (Å²) in [5, 5.41) is 18.1. The lowest BCUT2D eigenvalue weighted by molar-refractivity contribution is -0.688. The van der Waals surface area contributed by atoms with Gasteiger partial charge in [-0.15, -0.1) is 0 Å². The van der Waals surface area contributed by atoms with Crippen molar-refractivity contribution in [3.8, 4) is 11.8 Å². The van der Waals surface area contributed by atoms with Crippen LogP contribution in [0.3, 0.4) is 0 Å². The third-order valence-corrected chi connectivity index (χ3v) is 6.35. The number of anilines is 3. The number of hydrogen-bond acceptors (Lipinski definition) is 6. The Morgan fingerprint density at radius 2 is 2.17 bits per heavy atom. The number of halogens is 3. The Labute approximate surface area is 226 Å². The summed E-state index contributed by atoms with van der Waals surface area (Å²) >= 11 is 7.50. The molecule has 0 radical (unpaired) electrons. The second-order valence-corrected chi connectivity index (χ2v) is 8.65. The van der Waals surface area contributed by atoms with Crippen LogP contribution in [0.4, 0.5) is 21.5 Å². The molecule has 4 aromatic rings. The number of hydrogen-bond donors (Lipinski definition) is 2. The van der Waals surface area contributed by atoms with Crippen LogP contribution in [-0.2, 0) is 11.3 Å². The minimum absolute atomic E-state index is 0. The zero-order valence-electron chi connectivity index (χ0n) is 19.2. The minimum atomic E-state index is -0.548. The number of carbonyl (C=O) groups is 1. The van der Waals surface area contributed by atoms with E-state index in [2.05, 4.69) is 21.7 Å². The first kappa shape index (κ1) is 27.1. The molecule has 0 atom stereocenters. The van der Waals surface area contributed by atoms with Gasteiger partial charge in [-0.05, 0) is 30.3 Å². The van der Waals surface area contributed by atoms with Gasteiger partial charge in [-0.2, -0.15) is 9.83 Å². The van der Waals surface area contributed by atoms with Crippen molar-refractivity contribution >= 4 is 56.8 Å². The van der Waals surface area contributed by atoms with Gasteiger partial charge in [0.05, 0.1) is 40.0 Å². The number of aryl methyl sites for hydroxylation is 1. The first-order chi connectivity index (χ1) is 16.9. The molecule has 7 nitrogen and oxygen atoms in total. The Hall–Kier alpha value is -3.52. The topological polar surface area (TPSA) is 90.9 Å². The lowest BCUT2D eigenvalue weighted by atomic mass is 10.1. The molecule has 36 heavy (non-hydrogen) atoms. The summed E-state index contributed by atoms with van der Waals surface area (Å²) in [6.45, 7) is 2.57. The van der Waals surface area contributed by atoms with Gasteiger partial charge in [0.1, 0.15) is 17.6 Å². The molecule has 11 heteroatoms. The lowest BCUT2D eigenvalue weighted by Crippen LogP contribution is -3.00. The monoisotopic (exact) mass is 587 g/mol. The van der Waals surface area contributed by atoms with Crippen LogP contribution >= 0.6 is 22.9 Å². The number of nitrogens with one attached hydrogen (secondary N) is 2. The molecule has 2 aromatic heterocycles. The second kappa shape index (κ2) is 11.9. The van der Waals surface area contributed by atoms with Crippen molar-refractivity contribution in [3.05, 3.63) is 81.7 Å². The predicted octanol–water partition coefficient (Wildman–Crippen LogP) is 2.51. The Balaban J connectivity index is 0.00000361. The number of rotatable bonds is 7. The number of nitrogens with zero attached hydrogens (tertiary/aromatic N) is 3. The molecule has 4 rings (SSSR count). The van der Waals surface area contributed by atoms with Crippen molar-refractivity contribution in [2.24, 2.45) is 0 Å². The average molecular weight is 589 g/mol. The van der Waals surface area contributed by atoms with E-state index in [9.17, 15) is 14.4 Å². The van der Waals surface area contributed by atoms with E-state index in [1.165, 1.54) is 37.6 Å². The molecule has 0 saturated carbocycles. The first-order valence-electron chi connectivity index (χ1n) is 10.4. The normalized spacial score (nSPS) is 10.6. The number of methoxy groups -OCH3 is 1. The standard InChI is InChI=1S/C25H19ClFN5O2S.BrH/c1-15-13-35-14-32(15)7-3-4-24(33)31-22-9-18-21(10-23(22)34-2)29-12-16(11-28)25(18)30-17-5-6-20(27)19(26)8-17;/h3-6,8-10,12-14H,7H2,1-2H3,(H-,29,30,31,33);1H. The fourth-order valence-electron chi connectivity index (χ4n) is 3.41. The largest absolute Gasteiger partial charge is 1.00 e. The van der Waals surface area contributed by atoms with Gasteiger partial charge in [0.25, 0.3) is 0 Å². The highest BCUT2D eigenvalue weighted by Gasteiger charge is 2.15. The summed E-state index contributed by atoms with van der Waals surface area (Å²) in [5.41, 5.74) is 5.24. The van der Waals surface area contributed by atoms with E-state index in [0.717, 1.165) is 5.69 Å². The SMILES string of the molecule is COc1cc2ncc(C#N)c(Nc3ccc(F)c(Cl)c3)c2cc1NC(=O)C=CC[n+]1cscc1C.[Br-]. The number of aromatic nitrogens is 2. The average Bonchev–Trinajstić information content (AvgIpc) is 3.25. The van der Waals surface area contributed by atoms with Crippen molar-refractivity contribution in [1.82, 2.24) is 4.98 Å². The van der Waals surface area contributed by atoms with Crippen LogP contribution in [0.1, 0.15) is 11.3 Å².